The summed E-state index contributed by atoms with van der Waals surface area (Å²) in [5.41, 5.74) is 0.912. The molecular formula is C15H18N2O2S2. The molecule has 1 atom stereocenters. The van der Waals surface area contributed by atoms with Crippen molar-refractivity contribution >= 4 is 33.8 Å². The van der Waals surface area contributed by atoms with Crippen molar-refractivity contribution in [1.82, 2.24) is 9.55 Å². The maximum Gasteiger partial charge on any atom is 0.263 e. The first-order chi connectivity index (χ1) is 9.99. The van der Waals surface area contributed by atoms with Crippen LogP contribution in [-0.2, 0) is 24.3 Å². The number of hydrogen-bond acceptors (Lipinski definition) is 4. The molecule has 0 bridgehead atoms. The van der Waals surface area contributed by atoms with E-state index in [-0.39, 0.29) is 11.2 Å². The Balaban J connectivity index is 2.29. The fourth-order valence-corrected chi connectivity index (χ4v) is 4.15. The zero-order chi connectivity index (χ0) is 15.2. The molecule has 1 unspecified atom stereocenters. The van der Waals surface area contributed by atoms with Crippen LogP contribution < -0.4 is 5.56 Å². The molecule has 0 fully saturated rings. The number of nitrogens with zero attached hydrogens (tertiary/aromatic N) is 1. The Kier molecular flexibility index (Phi) is 3.63. The average Bonchev–Trinajstić information content (AvgIpc) is 2.80. The minimum atomic E-state index is -0.191. The van der Waals surface area contributed by atoms with Crippen LogP contribution >= 0.6 is 23.6 Å². The first kappa shape index (κ1) is 14.7. The van der Waals surface area contributed by atoms with E-state index in [1.165, 1.54) is 0 Å². The molecule has 0 radical (unpaired) electrons. The van der Waals surface area contributed by atoms with Crippen molar-refractivity contribution in [2.75, 3.05) is 0 Å². The Hall–Kier alpha value is -1.24. The van der Waals surface area contributed by atoms with Crippen LogP contribution in [0, 0.1) is 4.77 Å². The van der Waals surface area contributed by atoms with E-state index in [1.54, 1.807) is 22.0 Å². The Morgan fingerprint density at radius 2 is 2.38 bits per heavy atom. The number of aromatic amines is 1. The molecule has 3 heterocycles. The third kappa shape index (κ3) is 2.31. The summed E-state index contributed by atoms with van der Waals surface area (Å²) in [6, 6.07) is 0. The molecule has 3 rings (SSSR count). The highest BCUT2D eigenvalue weighted by molar-refractivity contribution is 7.71. The minimum absolute atomic E-state index is 0.0218. The fraction of sp³-hybridized carbons (Fsp3) is 0.467. The fourth-order valence-electron chi connectivity index (χ4n) is 2.71. The van der Waals surface area contributed by atoms with E-state index in [4.69, 9.17) is 17.0 Å². The van der Waals surface area contributed by atoms with E-state index >= 15 is 0 Å². The Morgan fingerprint density at radius 1 is 1.62 bits per heavy atom. The first-order valence-electron chi connectivity index (χ1n) is 7.01. The molecule has 0 aliphatic carbocycles. The molecule has 1 aliphatic heterocycles. The van der Waals surface area contributed by atoms with Crippen molar-refractivity contribution in [2.24, 2.45) is 0 Å². The Morgan fingerprint density at radius 3 is 3.05 bits per heavy atom. The van der Waals surface area contributed by atoms with Gasteiger partial charge in [-0.3, -0.25) is 9.36 Å². The van der Waals surface area contributed by atoms with Crippen LogP contribution in [0.1, 0.15) is 30.7 Å². The number of hydrogen-bond donors (Lipinski definition) is 1. The second-order valence-corrected chi connectivity index (χ2v) is 7.10. The van der Waals surface area contributed by atoms with Gasteiger partial charge in [-0.25, -0.2) is 0 Å². The summed E-state index contributed by atoms with van der Waals surface area (Å²) in [6.45, 7) is 8.91. The SMILES string of the molecule is C=CCn1c(=S)[nH]c2sc3c(c2c1=O)CC(C)(CC)OC3. The lowest BCUT2D eigenvalue weighted by molar-refractivity contribution is -0.0543. The molecule has 112 valence electrons. The number of fused-ring (bicyclic) bond motifs is 3. The van der Waals surface area contributed by atoms with E-state index in [1.807, 2.05) is 0 Å². The average molecular weight is 322 g/mol. The van der Waals surface area contributed by atoms with Gasteiger partial charge in [0.25, 0.3) is 5.56 Å². The Labute approximate surface area is 132 Å². The lowest BCUT2D eigenvalue weighted by Crippen LogP contribution is -2.34. The molecule has 0 amide bonds. The van der Waals surface area contributed by atoms with Crippen LogP contribution in [0.4, 0.5) is 0 Å². The van der Waals surface area contributed by atoms with Crippen LogP contribution in [0.3, 0.4) is 0 Å². The molecule has 6 heteroatoms. The van der Waals surface area contributed by atoms with Gasteiger partial charge in [0.1, 0.15) is 4.83 Å². The van der Waals surface area contributed by atoms with Gasteiger partial charge in [0, 0.05) is 17.8 Å². The molecule has 1 N–H and O–H groups in total. The smallest absolute Gasteiger partial charge is 0.263 e. The minimum Gasteiger partial charge on any atom is -0.369 e. The summed E-state index contributed by atoms with van der Waals surface area (Å²) in [6.07, 6.45) is 3.38. The highest BCUT2D eigenvalue weighted by atomic mass is 32.1. The lowest BCUT2D eigenvalue weighted by atomic mass is 9.90. The number of aromatic nitrogens is 2. The largest absolute Gasteiger partial charge is 0.369 e. The summed E-state index contributed by atoms with van der Waals surface area (Å²) < 4.78 is 7.98. The number of rotatable bonds is 3. The van der Waals surface area contributed by atoms with Crippen molar-refractivity contribution < 1.29 is 4.74 Å². The monoisotopic (exact) mass is 322 g/mol. The highest BCUT2D eigenvalue weighted by Gasteiger charge is 2.32. The molecule has 0 spiro atoms. The third-order valence-corrected chi connectivity index (χ3v) is 5.62. The van der Waals surface area contributed by atoms with E-state index in [2.05, 4.69) is 25.4 Å². The van der Waals surface area contributed by atoms with Crippen molar-refractivity contribution in [2.45, 2.75) is 45.4 Å². The standard InChI is InChI=1S/C15H18N2O2S2/c1-4-6-17-13(18)11-9-7-15(3,5-2)19-8-10(9)21-12(11)16-14(17)20/h4H,1,5-8H2,2-3H3,(H,16,20). The summed E-state index contributed by atoms with van der Waals surface area (Å²) in [5, 5.41) is 0.772. The second-order valence-electron chi connectivity index (χ2n) is 5.61. The molecule has 2 aromatic heterocycles. The van der Waals surface area contributed by atoms with Gasteiger partial charge in [-0.2, -0.15) is 0 Å². The molecule has 0 aromatic carbocycles. The summed E-state index contributed by atoms with van der Waals surface area (Å²) >= 11 is 6.86. The first-order valence-corrected chi connectivity index (χ1v) is 8.24. The van der Waals surface area contributed by atoms with Crippen LogP contribution in [0.5, 0.6) is 0 Å². The Bertz CT molecular complexity index is 831. The maximum absolute atomic E-state index is 12.8. The van der Waals surface area contributed by atoms with Gasteiger partial charge in [-0.1, -0.05) is 13.0 Å². The number of H-pyrrole nitrogens is 1. The number of thiophene rings is 1. The van der Waals surface area contributed by atoms with Gasteiger partial charge >= 0.3 is 0 Å². The van der Waals surface area contributed by atoms with Crippen molar-refractivity contribution in [3.63, 3.8) is 0 Å². The maximum atomic E-state index is 12.8. The van der Waals surface area contributed by atoms with E-state index in [0.717, 1.165) is 33.5 Å². The van der Waals surface area contributed by atoms with Crippen LogP contribution in [0.2, 0.25) is 0 Å². The molecule has 0 saturated heterocycles. The predicted molar refractivity (Wildman–Crippen MR) is 88.7 cm³/mol. The number of nitrogens with one attached hydrogen (secondary N) is 1. The van der Waals surface area contributed by atoms with Crippen molar-refractivity contribution in [3.05, 3.63) is 38.2 Å². The molecule has 1 aliphatic rings. The lowest BCUT2D eigenvalue weighted by Gasteiger charge is -2.32. The van der Waals surface area contributed by atoms with Gasteiger partial charge in [0.15, 0.2) is 4.77 Å². The number of ether oxygens (including phenoxy) is 1. The predicted octanol–water partition coefficient (Wildman–Crippen LogP) is 3.55. The van der Waals surface area contributed by atoms with Crippen LogP contribution in [0.25, 0.3) is 10.2 Å². The van der Waals surface area contributed by atoms with Crippen LogP contribution in [-0.4, -0.2) is 15.2 Å². The van der Waals surface area contributed by atoms with E-state index < -0.39 is 0 Å². The normalized spacial score (nSPS) is 21.4. The topological polar surface area (TPSA) is 47.0 Å². The van der Waals surface area contributed by atoms with Gasteiger partial charge in [0.2, 0.25) is 0 Å². The molecular weight excluding hydrogens is 304 g/mol. The van der Waals surface area contributed by atoms with Gasteiger partial charge < -0.3 is 9.72 Å². The molecule has 21 heavy (non-hydrogen) atoms. The van der Waals surface area contributed by atoms with Crippen molar-refractivity contribution in [3.8, 4) is 0 Å². The molecule has 0 saturated carbocycles. The van der Waals surface area contributed by atoms with Gasteiger partial charge in [-0.15, -0.1) is 17.9 Å². The summed E-state index contributed by atoms with van der Waals surface area (Å²) in [5.74, 6) is 0. The molecule has 4 nitrogen and oxygen atoms in total. The third-order valence-electron chi connectivity index (χ3n) is 4.18. The zero-order valence-electron chi connectivity index (χ0n) is 12.2. The highest BCUT2D eigenvalue weighted by Crippen LogP contribution is 2.38. The van der Waals surface area contributed by atoms with Gasteiger partial charge in [-0.05, 0) is 31.1 Å². The zero-order valence-corrected chi connectivity index (χ0v) is 13.8. The molecule has 2 aromatic rings. The van der Waals surface area contributed by atoms with Crippen molar-refractivity contribution in [1.29, 1.82) is 0 Å². The quantitative estimate of drug-likeness (QED) is 0.694. The van der Waals surface area contributed by atoms with Crippen LogP contribution in [0.15, 0.2) is 17.4 Å². The van der Waals surface area contributed by atoms with E-state index in [0.29, 0.717) is 17.9 Å². The summed E-state index contributed by atoms with van der Waals surface area (Å²) in [7, 11) is 0. The van der Waals surface area contributed by atoms with E-state index in [9.17, 15) is 4.79 Å². The summed E-state index contributed by atoms with van der Waals surface area (Å²) in [4.78, 5) is 17.9. The second kappa shape index (κ2) is 5.19. The van der Waals surface area contributed by atoms with Gasteiger partial charge in [0.05, 0.1) is 17.6 Å². The number of allylic oxidation sites excluding steroid dienone is 1.